The fraction of sp³-hybridized carbons (Fsp3) is 0.467. The first kappa shape index (κ1) is 18.4. The number of hydrogen-bond acceptors (Lipinski definition) is 5. The van der Waals surface area contributed by atoms with E-state index in [0.717, 1.165) is 0 Å². The largest absolute Gasteiger partial charge is 0.477 e. The van der Waals surface area contributed by atoms with Crippen LogP contribution in [0.25, 0.3) is 0 Å². The molecule has 0 fully saturated rings. The monoisotopic (exact) mass is 323 g/mol. The zero-order valence-corrected chi connectivity index (χ0v) is 13.4. The molecule has 1 aromatic carbocycles. The smallest absolute Gasteiger partial charge is 0.310 e. The molecule has 0 aliphatic heterocycles. The molecule has 0 heterocycles. The van der Waals surface area contributed by atoms with Gasteiger partial charge in [0.1, 0.15) is 0 Å². The van der Waals surface area contributed by atoms with Gasteiger partial charge in [-0.15, -0.1) is 0 Å². The van der Waals surface area contributed by atoms with Crippen LogP contribution in [0.2, 0.25) is 0 Å². The van der Waals surface area contributed by atoms with Crippen molar-refractivity contribution in [2.75, 3.05) is 19.7 Å². The summed E-state index contributed by atoms with van der Waals surface area (Å²) in [5.74, 6) is -0.654. The van der Waals surface area contributed by atoms with E-state index in [0.29, 0.717) is 6.54 Å². The zero-order valence-electron chi connectivity index (χ0n) is 13.4. The third-order valence-corrected chi connectivity index (χ3v) is 2.93. The number of carbonyl (C=O) groups excluding carboxylic acids is 2. The van der Waals surface area contributed by atoms with E-state index in [1.165, 1.54) is 23.1 Å². The van der Waals surface area contributed by atoms with Crippen molar-refractivity contribution in [2.24, 2.45) is 0 Å². The zero-order chi connectivity index (χ0) is 17.4. The Morgan fingerprint density at radius 3 is 2.57 bits per heavy atom. The quantitative estimate of drug-likeness (QED) is 0.574. The van der Waals surface area contributed by atoms with Gasteiger partial charge in [-0.05, 0) is 26.8 Å². The fourth-order valence-electron chi connectivity index (χ4n) is 1.88. The van der Waals surface area contributed by atoms with E-state index >= 15 is 0 Å². The van der Waals surface area contributed by atoms with Crippen molar-refractivity contribution in [3.05, 3.63) is 34.4 Å². The van der Waals surface area contributed by atoms with Gasteiger partial charge in [0.2, 0.25) is 5.91 Å². The Morgan fingerprint density at radius 2 is 2.00 bits per heavy atom. The Bertz CT molecular complexity index is 574. The van der Waals surface area contributed by atoms with Gasteiger partial charge in [0.25, 0.3) is 5.91 Å². The molecule has 8 heteroatoms. The summed E-state index contributed by atoms with van der Waals surface area (Å²) in [7, 11) is 0. The van der Waals surface area contributed by atoms with Gasteiger partial charge in [0, 0.05) is 18.7 Å². The number of amides is 2. The van der Waals surface area contributed by atoms with Crippen LogP contribution in [0.3, 0.4) is 0 Å². The van der Waals surface area contributed by atoms with Crippen LogP contribution in [0, 0.1) is 10.1 Å². The normalized spacial score (nSPS) is 10.3. The average molecular weight is 323 g/mol. The third kappa shape index (κ3) is 5.93. The third-order valence-electron chi connectivity index (χ3n) is 2.93. The fourth-order valence-corrected chi connectivity index (χ4v) is 1.88. The Morgan fingerprint density at radius 1 is 1.35 bits per heavy atom. The van der Waals surface area contributed by atoms with E-state index in [1.54, 1.807) is 13.0 Å². The molecule has 1 rings (SSSR count). The van der Waals surface area contributed by atoms with E-state index in [2.05, 4.69) is 5.32 Å². The molecule has 2 amide bonds. The highest BCUT2D eigenvalue weighted by Crippen LogP contribution is 2.25. The second-order valence-electron chi connectivity index (χ2n) is 5.14. The number of benzene rings is 1. The maximum atomic E-state index is 12.1. The van der Waals surface area contributed by atoms with Gasteiger partial charge < -0.3 is 15.0 Å². The highest BCUT2D eigenvalue weighted by molar-refractivity contribution is 5.85. The highest BCUT2D eigenvalue weighted by atomic mass is 16.6. The van der Waals surface area contributed by atoms with Crippen LogP contribution in [0.15, 0.2) is 24.3 Å². The lowest BCUT2D eigenvalue weighted by Crippen LogP contribution is -2.44. The minimum absolute atomic E-state index is 0.0143. The summed E-state index contributed by atoms with van der Waals surface area (Å²) in [6.45, 7) is 5.29. The molecule has 0 aliphatic rings. The van der Waals surface area contributed by atoms with Crippen LogP contribution in [-0.2, 0) is 9.59 Å². The number of nitrogens with zero attached hydrogens (tertiary/aromatic N) is 2. The number of carbonyl (C=O) groups is 2. The van der Waals surface area contributed by atoms with Crippen molar-refractivity contribution in [3.8, 4) is 5.75 Å². The molecule has 0 saturated heterocycles. The molecule has 0 bridgehead atoms. The summed E-state index contributed by atoms with van der Waals surface area (Å²) >= 11 is 0. The topological polar surface area (TPSA) is 102 Å². The molecule has 0 aliphatic carbocycles. The van der Waals surface area contributed by atoms with Crippen LogP contribution in [0.4, 0.5) is 5.69 Å². The van der Waals surface area contributed by atoms with Crippen molar-refractivity contribution in [2.45, 2.75) is 26.8 Å². The number of nitro groups is 1. The van der Waals surface area contributed by atoms with Gasteiger partial charge in [-0.3, -0.25) is 19.7 Å². The molecule has 0 radical (unpaired) electrons. The molecule has 0 saturated carbocycles. The molecule has 1 aromatic rings. The van der Waals surface area contributed by atoms with Gasteiger partial charge in [0.15, 0.2) is 12.4 Å². The number of nitrogens with one attached hydrogen (secondary N) is 1. The lowest BCUT2D eigenvalue weighted by Gasteiger charge is -2.21. The van der Waals surface area contributed by atoms with Crippen molar-refractivity contribution >= 4 is 17.5 Å². The van der Waals surface area contributed by atoms with Crippen molar-refractivity contribution in [1.29, 1.82) is 0 Å². The molecule has 0 unspecified atom stereocenters. The molecule has 8 nitrogen and oxygen atoms in total. The van der Waals surface area contributed by atoms with E-state index in [9.17, 15) is 19.7 Å². The lowest BCUT2D eigenvalue weighted by atomic mass is 10.3. The Labute approximate surface area is 134 Å². The number of rotatable bonds is 8. The SMILES string of the molecule is CCN(CC(=O)NC(C)C)C(=O)COc1ccccc1[N+](=O)[O-]. The minimum Gasteiger partial charge on any atom is -0.477 e. The Balaban J connectivity index is 2.64. The molecular weight excluding hydrogens is 302 g/mol. The lowest BCUT2D eigenvalue weighted by molar-refractivity contribution is -0.385. The summed E-state index contributed by atoms with van der Waals surface area (Å²) in [6.07, 6.45) is 0. The number of hydrogen-bond donors (Lipinski definition) is 1. The average Bonchev–Trinajstić information content (AvgIpc) is 2.49. The molecular formula is C15H21N3O5. The Kier molecular flexibility index (Phi) is 6.98. The van der Waals surface area contributed by atoms with Crippen molar-refractivity contribution in [3.63, 3.8) is 0 Å². The van der Waals surface area contributed by atoms with Crippen LogP contribution in [0.1, 0.15) is 20.8 Å². The Hall–Kier alpha value is -2.64. The number of likely N-dealkylation sites (N-methyl/N-ethyl adjacent to an activating group) is 1. The predicted molar refractivity (Wildman–Crippen MR) is 84.1 cm³/mol. The van der Waals surface area contributed by atoms with Crippen LogP contribution in [-0.4, -0.2) is 47.4 Å². The van der Waals surface area contributed by atoms with E-state index in [4.69, 9.17) is 4.74 Å². The standard InChI is InChI=1S/C15H21N3O5/c1-4-17(9-14(19)16-11(2)3)15(20)10-23-13-8-6-5-7-12(13)18(21)22/h5-8,11H,4,9-10H2,1-3H3,(H,16,19). The predicted octanol–water partition coefficient (Wildman–Crippen LogP) is 1.35. The van der Waals surface area contributed by atoms with E-state index in [-0.39, 0.29) is 36.5 Å². The van der Waals surface area contributed by atoms with Crippen molar-refractivity contribution in [1.82, 2.24) is 10.2 Å². The number of nitro benzene ring substituents is 1. The first-order valence-electron chi connectivity index (χ1n) is 7.28. The van der Waals surface area contributed by atoms with E-state index < -0.39 is 10.8 Å². The van der Waals surface area contributed by atoms with Gasteiger partial charge in [-0.1, -0.05) is 12.1 Å². The molecule has 0 aromatic heterocycles. The highest BCUT2D eigenvalue weighted by Gasteiger charge is 2.19. The number of para-hydroxylation sites is 2. The molecule has 23 heavy (non-hydrogen) atoms. The van der Waals surface area contributed by atoms with Gasteiger partial charge >= 0.3 is 5.69 Å². The number of ether oxygens (including phenoxy) is 1. The summed E-state index contributed by atoms with van der Waals surface area (Å²) in [4.78, 5) is 35.4. The first-order valence-corrected chi connectivity index (χ1v) is 7.28. The second kappa shape index (κ2) is 8.72. The van der Waals surface area contributed by atoms with Crippen LogP contribution >= 0.6 is 0 Å². The second-order valence-corrected chi connectivity index (χ2v) is 5.14. The van der Waals surface area contributed by atoms with Gasteiger partial charge in [-0.2, -0.15) is 0 Å². The maximum absolute atomic E-state index is 12.1. The van der Waals surface area contributed by atoms with Gasteiger partial charge in [0.05, 0.1) is 11.5 Å². The van der Waals surface area contributed by atoms with Crippen molar-refractivity contribution < 1.29 is 19.2 Å². The molecule has 126 valence electrons. The maximum Gasteiger partial charge on any atom is 0.310 e. The van der Waals surface area contributed by atoms with Gasteiger partial charge in [-0.25, -0.2) is 0 Å². The summed E-state index contributed by atoms with van der Waals surface area (Å²) < 4.78 is 5.24. The summed E-state index contributed by atoms with van der Waals surface area (Å²) in [5.41, 5.74) is -0.208. The molecule has 0 spiro atoms. The van der Waals surface area contributed by atoms with E-state index in [1.807, 2.05) is 13.8 Å². The van der Waals surface area contributed by atoms with Crippen LogP contribution in [0.5, 0.6) is 5.75 Å². The summed E-state index contributed by atoms with van der Waals surface area (Å²) in [5, 5.41) is 13.6. The molecule has 1 N–H and O–H groups in total. The summed E-state index contributed by atoms with van der Waals surface area (Å²) in [6, 6.07) is 5.81. The molecule has 0 atom stereocenters. The minimum atomic E-state index is -0.576. The first-order chi connectivity index (χ1) is 10.8. The van der Waals surface area contributed by atoms with Crippen LogP contribution < -0.4 is 10.1 Å².